The Morgan fingerprint density at radius 2 is 1.83 bits per heavy atom. The number of carbonyl (C=O) groups excluding carboxylic acids is 1. The van der Waals surface area contributed by atoms with Gasteiger partial charge in [-0.25, -0.2) is 0 Å². The number of anilines is 1. The van der Waals surface area contributed by atoms with Crippen molar-refractivity contribution in [3.05, 3.63) is 65.7 Å². The number of nitrogens with one attached hydrogen (secondary N) is 2. The molecule has 3 atom stereocenters. The third-order valence-electron chi connectivity index (χ3n) is 5.18. The highest BCUT2D eigenvalue weighted by molar-refractivity contribution is 6.04. The molecule has 3 unspecified atom stereocenters. The predicted molar refractivity (Wildman–Crippen MR) is 95.9 cm³/mol. The predicted octanol–water partition coefficient (Wildman–Crippen LogP) is 2.79. The molecule has 0 aromatic heterocycles. The number of rotatable bonds is 3. The van der Waals surface area contributed by atoms with Crippen molar-refractivity contribution in [2.75, 3.05) is 18.5 Å². The molecular formula is C20H23N3O. The molecule has 1 saturated heterocycles. The number of amides is 1. The molecule has 24 heavy (non-hydrogen) atoms. The summed E-state index contributed by atoms with van der Waals surface area (Å²) in [6.07, 6.45) is 2.20. The summed E-state index contributed by atoms with van der Waals surface area (Å²) in [5.41, 5.74) is 3.38. The lowest BCUT2D eigenvalue weighted by atomic mass is 9.91. The van der Waals surface area contributed by atoms with Gasteiger partial charge in [0.15, 0.2) is 0 Å². The third-order valence-corrected chi connectivity index (χ3v) is 5.18. The van der Waals surface area contributed by atoms with Gasteiger partial charge in [-0.1, -0.05) is 48.5 Å². The summed E-state index contributed by atoms with van der Waals surface area (Å²) in [6.45, 7) is 1.02. The number of hydrogen-bond donors (Lipinski definition) is 2. The highest BCUT2D eigenvalue weighted by Gasteiger charge is 2.38. The van der Waals surface area contributed by atoms with E-state index >= 15 is 0 Å². The summed E-state index contributed by atoms with van der Waals surface area (Å²) in [5, 5.41) is 7.27. The Morgan fingerprint density at radius 1 is 1.08 bits per heavy atom. The van der Waals surface area contributed by atoms with Gasteiger partial charge in [0.05, 0.1) is 0 Å². The Kier molecular flexibility index (Phi) is 4.08. The molecule has 2 aliphatic rings. The fraction of sp³-hybridized carbons (Fsp3) is 0.350. The normalized spacial score (nSPS) is 26.5. The monoisotopic (exact) mass is 321 g/mol. The molecule has 0 spiro atoms. The molecule has 2 aromatic rings. The van der Waals surface area contributed by atoms with Gasteiger partial charge in [-0.3, -0.25) is 10.1 Å². The van der Waals surface area contributed by atoms with Gasteiger partial charge in [0.2, 0.25) is 5.91 Å². The molecule has 0 bridgehead atoms. The van der Waals surface area contributed by atoms with Crippen molar-refractivity contribution >= 4 is 11.6 Å². The number of likely N-dealkylation sites (N-methyl/N-ethyl adjacent to an activating group) is 1. The molecule has 0 radical (unpaired) electrons. The molecule has 4 rings (SSSR count). The molecule has 124 valence electrons. The van der Waals surface area contributed by atoms with Crippen molar-refractivity contribution in [2.45, 2.75) is 31.0 Å². The number of piperidine rings is 1. The number of hydrogen-bond acceptors (Lipinski definition) is 3. The Bertz CT molecular complexity index is 731. The molecule has 4 heteroatoms. The van der Waals surface area contributed by atoms with Gasteiger partial charge < -0.3 is 10.2 Å². The molecule has 1 amide bonds. The number of benzene rings is 2. The Labute approximate surface area is 142 Å². The van der Waals surface area contributed by atoms with Gasteiger partial charge in [0.1, 0.15) is 6.04 Å². The second-order valence-electron chi connectivity index (χ2n) is 6.65. The molecule has 0 aliphatic carbocycles. The van der Waals surface area contributed by atoms with Crippen molar-refractivity contribution in [2.24, 2.45) is 0 Å². The van der Waals surface area contributed by atoms with Crippen LogP contribution in [0, 0.1) is 0 Å². The van der Waals surface area contributed by atoms with Crippen molar-refractivity contribution in [1.82, 2.24) is 10.6 Å². The summed E-state index contributed by atoms with van der Waals surface area (Å²) in [4.78, 5) is 14.5. The van der Waals surface area contributed by atoms with E-state index in [0.29, 0.717) is 0 Å². The van der Waals surface area contributed by atoms with Gasteiger partial charge in [-0.2, -0.15) is 0 Å². The zero-order valence-electron chi connectivity index (χ0n) is 13.9. The van der Waals surface area contributed by atoms with Gasteiger partial charge in [0.25, 0.3) is 0 Å². The number of fused-ring (bicyclic) bond motifs is 1. The summed E-state index contributed by atoms with van der Waals surface area (Å²) in [5.74, 6) is 0.133. The molecule has 1 fully saturated rings. The Morgan fingerprint density at radius 3 is 2.67 bits per heavy atom. The molecule has 2 aromatic carbocycles. The molecule has 2 heterocycles. The van der Waals surface area contributed by atoms with E-state index in [4.69, 9.17) is 0 Å². The van der Waals surface area contributed by atoms with Crippen LogP contribution in [0.3, 0.4) is 0 Å². The van der Waals surface area contributed by atoms with E-state index in [2.05, 4.69) is 41.0 Å². The van der Waals surface area contributed by atoms with Crippen LogP contribution in [0.25, 0.3) is 0 Å². The van der Waals surface area contributed by atoms with E-state index in [1.54, 1.807) is 4.90 Å². The first-order chi connectivity index (χ1) is 11.8. The molecular weight excluding hydrogens is 298 g/mol. The summed E-state index contributed by atoms with van der Waals surface area (Å²) in [6, 6.07) is 18.8. The number of carbonyl (C=O) groups is 1. The summed E-state index contributed by atoms with van der Waals surface area (Å²) >= 11 is 0. The van der Waals surface area contributed by atoms with E-state index < -0.39 is 0 Å². The minimum absolute atomic E-state index is 0.133. The van der Waals surface area contributed by atoms with Crippen LogP contribution >= 0.6 is 0 Å². The standard InChI is InChI=1S/C20H23N3O/c1-23-17-12-6-5-10-15(17)19(20(23)24)22-16-11-7-13-21-18(16)14-8-3-2-4-9-14/h2-6,8-10,12,16,18-19,21-22H,7,11,13H2,1H3. The maximum atomic E-state index is 12.7. The minimum atomic E-state index is -0.248. The topological polar surface area (TPSA) is 44.4 Å². The smallest absolute Gasteiger partial charge is 0.248 e. The van der Waals surface area contributed by atoms with E-state index in [-0.39, 0.29) is 24.0 Å². The molecule has 2 aliphatic heterocycles. The van der Waals surface area contributed by atoms with Crippen LogP contribution in [0.5, 0.6) is 0 Å². The summed E-state index contributed by atoms with van der Waals surface area (Å²) in [7, 11) is 1.86. The van der Waals surface area contributed by atoms with Crippen molar-refractivity contribution < 1.29 is 4.79 Å². The van der Waals surface area contributed by atoms with Crippen LogP contribution in [-0.2, 0) is 4.79 Å². The second-order valence-corrected chi connectivity index (χ2v) is 6.65. The zero-order valence-corrected chi connectivity index (χ0v) is 13.9. The van der Waals surface area contributed by atoms with Crippen molar-refractivity contribution in [3.63, 3.8) is 0 Å². The maximum absolute atomic E-state index is 12.7. The Balaban J connectivity index is 1.61. The van der Waals surface area contributed by atoms with Crippen LogP contribution < -0.4 is 15.5 Å². The van der Waals surface area contributed by atoms with Crippen molar-refractivity contribution in [1.29, 1.82) is 0 Å². The SMILES string of the molecule is CN1C(=O)C(NC2CCCNC2c2ccccc2)c2ccccc21. The summed E-state index contributed by atoms with van der Waals surface area (Å²) < 4.78 is 0. The third kappa shape index (κ3) is 2.62. The molecule has 4 nitrogen and oxygen atoms in total. The lowest BCUT2D eigenvalue weighted by molar-refractivity contribution is -0.120. The van der Waals surface area contributed by atoms with E-state index in [9.17, 15) is 4.79 Å². The highest BCUT2D eigenvalue weighted by atomic mass is 16.2. The fourth-order valence-electron chi connectivity index (χ4n) is 3.94. The Hall–Kier alpha value is -2.17. The van der Waals surface area contributed by atoms with Gasteiger partial charge >= 0.3 is 0 Å². The average Bonchev–Trinajstić information content (AvgIpc) is 2.88. The zero-order chi connectivity index (χ0) is 16.5. The van der Waals surface area contributed by atoms with Crippen molar-refractivity contribution in [3.8, 4) is 0 Å². The quantitative estimate of drug-likeness (QED) is 0.914. The average molecular weight is 321 g/mol. The largest absolute Gasteiger partial charge is 0.313 e. The molecule has 0 saturated carbocycles. The van der Waals surface area contributed by atoms with Crippen LogP contribution in [0.2, 0.25) is 0 Å². The first kappa shape index (κ1) is 15.4. The highest BCUT2D eigenvalue weighted by Crippen LogP contribution is 2.36. The van der Waals surface area contributed by atoms with E-state index in [1.807, 2.05) is 31.3 Å². The maximum Gasteiger partial charge on any atom is 0.248 e. The van der Waals surface area contributed by atoms with Crippen LogP contribution in [0.1, 0.15) is 36.1 Å². The van der Waals surface area contributed by atoms with Gasteiger partial charge in [-0.15, -0.1) is 0 Å². The van der Waals surface area contributed by atoms with Gasteiger partial charge in [-0.05, 0) is 31.0 Å². The fourth-order valence-corrected chi connectivity index (χ4v) is 3.94. The van der Waals surface area contributed by atoms with Gasteiger partial charge in [0, 0.05) is 30.4 Å². The van der Waals surface area contributed by atoms with E-state index in [1.165, 1.54) is 5.56 Å². The van der Waals surface area contributed by atoms with E-state index in [0.717, 1.165) is 30.6 Å². The first-order valence-electron chi connectivity index (χ1n) is 8.66. The number of nitrogens with zero attached hydrogens (tertiary/aromatic N) is 1. The molecule has 2 N–H and O–H groups in total. The first-order valence-corrected chi connectivity index (χ1v) is 8.66. The number of para-hydroxylation sites is 1. The second kappa shape index (κ2) is 6.38. The lowest BCUT2D eigenvalue weighted by Crippen LogP contribution is -2.48. The minimum Gasteiger partial charge on any atom is -0.313 e. The van der Waals surface area contributed by atoms with Crippen LogP contribution in [0.4, 0.5) is 5.69 Å². The lowest BCUT2D eigenvalue weighted by Gasteiger charge is -2.35. The van der Waals surface area contributed by atoms with Crippen LogP contribution in [-0.4, -0.2) is 25.5 Å². The van der Waals surface area contributed by atoms with Crippen LogP contribution in [0.15, 0.2) is 54.6 Å².